The topological polar surface area (TPSA) is 24.1 Å². The second-order valence-corrected chi connectivity index (χ2v) is 5.22. The summed E-state index contributed by atoms with van der Waals surface area (Å²) in [5.74, 6) is 1.20. The summed E-state index contributed by atoms with van der Waals surface area (Å²) in [6, 6.07) is 6.61. The Morgan fingerprint density at radius 3 is 2.50 bits per heavy atom. The van der Waals surface area contributed by atoms with E-state index in [-0.39, 0.29) is 0 Å². The molecule has 0 saturated carbocycles. The first-order valence-electron chi connectivity index (χ1n) is 6.07. The summed E-state index contributed by atoms with van der Waals surface area (Å²) in [5, 5.41) is 7.09. The third-order valence-corrected chi connectivity index (χ3v) is 4.05. The van der Waals surface area contributed by atoms with Gasteiger partial charge in [0.15, 0.2) is 0 Å². The van der Waals surface area contributed by atoms with Gasteiger partial charge >= 0.3 is 0 Å². The lowest BCUT2D eigenvalue weighted by molar-refractivity contribution is 0.768. The zero-order valence-corrected chi connectivity index (χ0v) is 10.9. The molecule has 2 rings (SSSR count). The number of hydrogen-bond donors (Lipinski definition) is 2. The van der Waals surface area contributed by atoms with Gasteiger partial charge in [0, 0.05) is 18.0 Å². The first kappa shape index (κ1) is 11.8. The van der Waals surface area contributed by atoms with Crippen molar-refractivity contribution in [3.05, 3.63) is 29.3 Å². The molecule has 3 heteroatoms. The Balaban J connectivity index is 2.21. The van der Waals surface area contributed by atoms with Crippen molar-refractivity contribution in [3.63, 3.8) is 0 Å². The molecule has 1 atom stereocenters. The summed E-state index contributed by atoms with van der Waals surface area (Å²) >= 11 is 1.95. The van der Waals surface area contributed by atoms with E-state index in [9.17, 15) is 0 Å². The van der Waals surface area contributed by atoms with Gasteiger partial charge in [0.1, 0.15) is 5.50 Å². The average Bonchev–Trinajstić information content (AvgIpc) is 2.82. The van der Waals surface area contributed by atoms with Crippen molar-refractivity contribution in [3.8, 4) is 0 Å². The summed E-state index contributed by atoms with van der Waals surface area (Å²) in [5.41, 5.74) is 4.58. The number of anilines is 1. The molecule has 0 spiro atoms. The van der Waals surface area contributed by atoms with Crippen LogP contribution < -0.4 is 10.6 Å². The SMILES string of the molecule is CCc1cccc(CC)c1NC1NCCS1. The van der Waals surface area contributed by atoms with Crippen molar-refractivity contribution in [1.29, 1.82) is 0 Å². The lowest BCUT2D eigenvalue weighted by Crippen LogP contribution is -2.28. The Hall–Kier alpha value is -0.670. The maximum absolute atomic E-state index is 3.63. The molecule has 1 aliphatic heterocycles. The highest BCUT2D eigenvalue weighted by atomic mass is 32.2. The molecule has 0 aromatic heterocycles. The van der Waals surface area contributed by atoms with Crippen LogP contribution in [0.3, 0.4) is 0 Å². The molecular formula is C13H20N2S. The van der Waals surface area contributed by atoms with Gasteiger partial charge in [-0.15, -0.1) is 11.8 Å². The fourth-order valence-electron chi connectivity index (χ4n) is 2.08. The van der Waals surface area contributed by atoms with E-state index >= 15 is 0 Å². The van der Waals surface area contributed by atoms with Gasteiger partial charge in [0.2, 0.25) is 0 Å². The molecular weight excluding hydrogens is 216 g/mol. The van der Waals surface area contributed by atoms with Crippen molar-refractivity contribution >= 4 is 17.4 Å². The first-order chi connectivity index (χ1) is 7.85. The van der Waals surface area contributed by atoms with Crippen molar-refractivity contribution < 1.29 is 0 Å². The maximum atomic E-state index is 3.63. The summed E-state index contributed by atoms with van der Waals surface area (Å²) in [6.07, 6.45) is 2.18. The quantitative estimate of drug-likeness (QED) is 0.840. The molecule has 16 heavy (non-hydrogen) atoms. The standard InChI is InChI=1S/C13H20N2S/c1-3-10-6-5-7-11(4-2)12(10)15-13-14-8-9-16-13/h5-7,13-15H,3-4,8-9H2,1-2H3. The molecule has 1 heterocycles. The number of thioether (sulfide) groups is 1. The third kappa shape index (κ3) is 2.53. The van der Waals surface area contributed by atoms with Gasteiger partial charge in [-0.2, -0.15) is 0 Å². The van der Waals surface area contributed by atoms with E-state index in [4.69, 9.17) is 0 Å². The maximum Gasteiger partial charge on any atom is 0.125 e. The summed E-state index contributed by atoms with van der Waals surface area (Å²) in [6.45, 7) is 5.54. The third-order valence-electron chi connectivity index (χ3n) is 2.99. The average molecular weight is 236 g/mol. The number of aryl methyl sites for hydroxylation is 2. The molecule has 1 saturated heterocycles. The molecule has 2 N–H and O–H groups in total. The van der Waals surface area contributed by atoms with E-state index in [2.05, 4.69) is 42.7 Å². The van der Waals surface area contributed by atoms with Crippen molar-refractivity contribution in [2.24, 2.45) is 0 Å². The molecule has 1 unspecified atom stereocenters. The fraction of sp³-hybridized carbons (Fsp3) is 0.538. The van der Waals surface area contributed by atoms with E-state index in [0.717, 1.165) is 19.4 Å². The predicted octanol–water partition coefficient (Wildman–Crippen LogP) is 2.84. The van der Waals surface area contributed by atoms with Crippen molar-refractivity contribution in [1.82, 2.24) is 5.32 Å². The Labute approximate surface area is 102 Å². The van der Waals surface area contributed by atoms with Crippen LogP contribution in [0.2, 0.25) is 0 Å². The van der Waals surface area contributed by atoms with E-state index in [0.29, 0.717) is 5.50 Å². The Kier molecular flexibility index (Phi) is 4.13. The minimum Gasteiger partial charge on any atom is -0.361 e. The summed E-state index contributed by atoms with van der Waals surface area (Å²) in [4.78, 5) is 0. The minimum atomic E-state index is 0.387. The van der Waals surface area contributed by atoms with Crippen LogP contribution in [0.4, 0.5) is 5.69 Å². The number of rotatable bonds is 4. The monoisotopic (exact) mass is 236 g/mol. The first-order valence-corrected chi connectivity index (χ1v) is 7.12. The van der Waals surface area contributed by atoms with Crippen molar-refractivity contribution in [2.75, 3.05) is 17.6 Å². The van der Waals surface area contributed by atoms with Crippen LogP contribution in [0, 0.1) is 0 Å². The van der Waals surface area contributed by atoms with Crippen LogP contribution >= 0.6 is 11.8 Å². The molecule has 1 aromatic rings. The highest BCUT2D eigenvalue weighted by molar-refractivity contribution is 8.00. The number of hydrogen-bond acceptors (Lipinski definition) is 3. The molecule has 1 aromatic carbocycles. The van der Waals surface area contributed by atoms with Gasteiger partial charge in [-0.1, -0.05) is 32.0 Å². The van der Waals surface area contributed by atoms with Crippen LogP contribution in [0.1, 0.15) is 25.0 Å². The van der Waals surface area contributed by atoms with Gasteiger partial charge in [-0.05, 0) is 24.0 Å². The number of para-hydroxylation sites is 1. The van der Waals surface area contributed by atoms with Crippen LogP contribution in [-0.2, 0) is 12.8 Å². The molecule has 1 fully saturated rings. The molecule has 88 valence electrons. The van der Waals surface area contributed by atoms with Gasteiger partial charge in [0.25, 0.3) is 0 Å². The van der Waals surface area contributed by atoms with Gasteiger partial charge in [-0.3, -0.25) is 5.32 Å². The Morgan fingerprint density at radius 2 is 2.00 bits per heavy atom. The number of nitrogens with one attached hydrogen (secondary N) is 2. The van der Waals surface area contributed by atoms with E-state index in [1.165, 1.54) is 22.6 Å². The van der Waals surface area contributed by atoms with Crippen LogP contribution in [0.15, 0.2) is 18.2 Å². The Morgan fingerprint density at radius 1 is 1.31 bits per heavy atom. The van der Waals surface area contributed by atoms with E-state index in [1.54, 1.807) is 0 Å². The Bertz CT molecular complexity index is 324. The van der Waals surface area contributed by atoms with Gasteiger partial charge < -0.3 is 5.32 Å². The zero-order chi connectivity index (χ0) is 11.4. The molecule has 0 radical (unpaired) electrons. The largest absolute Gasteiger partial charge is 0.361 e. The van der Waals surface area contributed by atoms with Gasteiger partial charge in [0.05, 0.1) is 0 Å². The lowest BCUT2D eigenvalue weighted by atomic mass is 10.0. The smallest absolute Gasteiger partial charge is 0.125 e. The van der Waals surface area contributed by atoms with Crippen LogP contribution in [-0.4, -0.2) is 17.8 Å². The minimum absolute atomic E-state index is 0.387. The number of benzene rings is 1. The second-order valence-electron chi connectivity index (χ2n) is 4.01. The van der Waals surface area contributed by atoms with E-state index in [1.807, 2.05) is 11.8 Å². The molecule has 0 bridgehead atoms. The van der Waals surface area contributed by atoms with Crippen LogP contribution in [0.25, 0.3) is 0 Å². The highest BCUT2D eigenvalue weighted by Crippen LogP contribution is 2.26. The van der Waals surface area contributed by atoms with E-state index < -0.39 is 0 Å². The summed E-state index contributed by atoms with van der Waals surface area (Å²) in [7, 11) is 0. The molecule has 0 amide bonds. The molecule has 0 aliphatic carbocycles. The van der Waals surface area contributed by atoms with Gasteiger partial charge in [-0.25, -0.2) is 0 Å². The lowest BCUT2D eigenvalue weighted by Gasteiger charge is -2.19. The fourth-order valence-corrected chi connectivity index (χ4v) is 2.99. The summed E-state index contributed by atoms with van der Waals surface area (Å²) < 4.78 is 0. The molecule has 2 nitrogen and oxygen atoms in total. The molecule has 1 aliphatic rings. The van der Waals surface area contributed by atoms with Crippen molar-refractivity contribution in [2.45, 2.75) is 32.2 Å². The normalized spacial score (nSPS) is 20.0. The highest BCUT2D eigenvalue weighted by Gasteiger charge is 2.16. The predicted molar refractivity (Wildman–Crippen MR) is 73.1 cm³/mol. The van der Waals surface area contributed by atoms with Crippen LogP contribution in [0.5, 0.6) is 0 Å². The zero-order valence-electron chi connectivity index (χ0n) is 10.0. The second kappa shape index (κ2) is 5.60.